The number of carbonyl (C=O) groups is 1. The highest BCUT2D eigenvalue weighted by molar-refractivity contribution is 7.14. The molecule has 0 aliphatic rings. The Kier molecular flexibility index (Phi) is 4.98. The third-order valence-electron chi connectivity index (χ3n) is 3.23. The number of thiazole rings is 1. The van der Waals surface area contributed by atoms with E-state index in [2.05, 4.69) is 21.7 Å². The number of aryl methyl sites for hydroxylation is 1. The Bertz CT molecular complexity index is 720. The molecule has 2 heterocycles. The van der Waals surface area contributed by atoms with Crippen LogP contribution in [0.25, 0.3) is 11.3 Å². The summed E-state index contributed by atoms with van der Waals surface area (Å²) in [7, 11) is 0. The molecule has 0 bridgehead atoms. The first-order valence-electron chi connectivity index (χ1n) is 7.14. The summed E-state index contributed by atoms with van der Waals surface area (Å²) in [5, 5.41) is 7.59. The van der Waals surface area contributed by atoms with Gasteiger partial charge in [0.15, 0.2) is 5.13 Å². The molecule has 1 amide bonds. The van der Waals surface area contributed by atoms with Gasteiger partial charge in [-0.15, -0.1) is 22.7 Å². The van der Waals surface area contributed by atoms with E-state index >= 15 is 0 Å². The van der Waals surface area contributed by atoms with Crippen LogP contribution < -0.4 is 5.32 Å². The van der Waals surface area contributed by atoms with Crippen LogP contribution in [-0.2, 0) is 11.2 Å². The summed E-state index contributed by atoms with van der Waals surface area (Å²) in [6.45, 7) is 0. The van der Waals surface area contributed by atoms with E-state index in [4.69, 9.17) is 0 Å². The van der Waals surface area contributed by atoms with E-state index in [9.17, 15) is 4.79 Å². The standard InChI is InChI=1S/C17H16N2OS2/c20-16(10-4-8-14-9-5-11-21-14)19-17-18-15(12-22-17)13-6-2-1-3-7-13/h1-3,5-7,9,11-12H,4,8,10H2,(H,18,19,20). The van der Waals surface area contributed by atoms with E-state index in [1.165, 1.54) is 16.2 Å². The van der Waals surface area contributed by atoms with Crippen LogP contribution in [0.15, 0.2) is 53.2 Å². The molecule has 112 valence electrons. The lowest BCUT2D eigenvalue weighted by Crippen LogP contribution is -2.11. The Morgan fingerprint density at radius 2 is 1.95 bits per heavy atom. The zero-order valence-corrected chi connectivity index (χ0v) is 13.6. The van der Waals surface area contributed by atoms with Gasteiger partial charge in [0, 0.05) is 22.2 Å². The maximum Gasteiger partial charge on any atom is 0.226 e. The summed E-state index contributed by atoms with van der Waals surface area (Å²) >= 11 is 3.20. The van der Waals surface area contributed by atoms with Gasteiger partial charge in [-0.25, -0.2) is 4.98 Å². The lowest BCUT2D eigenvalue weighted by atomic mass is 10.2. The van der Waals surface area contributed by atoms with Crippen molar-refractivity contribution in [3.05, 3.63) is 58.1 Å². The van der Waals surface area contributed by atoms with Crippen molar-refractivity contribution in [2.24, 2.45) is 0 Å². The summed E-state index contributed by atoms with van der Waals surface area (Å²) in [6, 6.07) is 14.1. The van der Waals surface area contributed by atoms with E-state index < -0.39 is 0 Å². The molecule has 22 heavy (non-hydrogen) atoms. The molecular formula is C17H16N2OS2. The van der Waals surface area contributed by atoms with Crippen LogP contribution in [0.5, 0.6) is 0 Å². The maximum atomic E-state index is 11.9. The normalized spacial score (nSPS) is 10.5. The summed E-state index contributed by atoms with van der Waals surface area (Å²) in [5.74, 6) is 0.0329. The highest BCUT2D eigenvalue weighted by Gasteiger charge is 2.08. The minimum Gasteiger partial charge on any atom is -0.302 e. The highest BCUT2D eigenvalue weighted by atomic mass is 32.1. The Morgan fingerprint density at radius 1 is 1.09 bits per heavy atom. The molecule has 3 aromatic rings. The van der Waals surface area contributed by atoms with Gasteiger partial charge in [0.25, 0.3) is 0 Å². The van der Waals surface area contributed by atoms with E-state index in [-0.39, 0.29) is 5.91 Å². The molecular weight excluding hydrogens is 312 g/mol. The Labute approximate surface area is 137 Å². The lowest BCUT2D eigenvalue weighted by Gasteiger charge is -2.01. The van der Waals surface area contributed by atoms with E-state index in [0.29, 0.717) is 11.6 Å². The molecule has 0 aliphatic heterocycles. The maximum absolute atomic E-state index is 11.9. The van der Waals surface area contributed by atoms with Crippen molar-refractivity contribution in [2.45, 2.75) is 19.3 Å². The fraction of sp³-hybridized carbons (Fsp3) is 0.176. The van der Waals surface area contributed by atoms with Crippen LogP contribution in [0.4, 0.5) is 5.13 Å². The minimum absolute atomic E-state index is 0.0329. The predicted molar refractivity (Wildman–Crippen MR) is 93.4 cm³/mol. The lowest BCUT2D eigenvalue weighted by molar-refractivity contribution is -0.116. The van der Waals surface area contributed by atoms with Gasteiger partial charge in [-0.2, -0.15) is 0 Å². The topological polar surface area (TPSA) is 42.0 Å². The number of nitrogens with one attached hydrogen (secondary N) is 1. The molecule has 0 spiro atoms. The van der Waals surface area contributed by atoms with E-state index in [0.717, 1.165) is 24.1 Å². The average molecular weight is 328 g/mol. The van der Waals surface area contributed by atoms with Crippen molar-refractivity contribution >= 4 is 33.7 Å². The molecule has 2 aromatic heterocycles. The van der Waals surface area contributed by atoms with Crippen molar-refractivity contribution in [3.63, 3.8) is 0 Å². The minimum atomic E-state index is 0.0329. The van der Waals surface area contributed by atoms with E-state index in [1.807, 2.05) is 41.8 Å². The first-order chi connectivity index (χ1) is 10.8. The Morgan fingerprint density at radius 3 is 2.73 bits per heavy atom. The Balaban J connectivity index is 1.50. The molecule has 0 aliphatic carbocycles. The zero-order valence-electron chi connectivity index (χ0n) is 12.0. The molecule has 3 rings (SSSR count). The van der Waals surface area contributed by atoms with E-state index in [1.54, 1.807) is 11.3 Å². The van der Waals surface area contributed by atoms with Gasteiger partial charge in [0.05, 0.1) is 5.69 Å². The second-order valence-electron chi connectivity index (χ2n) is 4.89. The number of amides is 1. The van der Waals surface area contributed by atoms with Crippen molar-refractivity contribution in [3.8, 4) is 11.3 Å². The van der Waals surface area contributed by atoms with Crippen molar-refractivity contribution in [1.82, 2.24) is 4.98 Å². The number of rotatable bonds is 6. The van der Waals surface area contributed by atoms with Crippen LogP contribution in [0, 0.1) is 0 Å². The van der Waals surface area contributed by atoms with Crippen LogP contribution in [0.2, 0.25) is 0 Å². The first kappa shape index (κ1) is 14.9. The molecule has 1 N–H and O–H groups in total. The monoisotopic (exact) mass is 328 g/mol. The SMILES string of the molecule is O=C(CCCc1cccs1)Nc1nc(-c2ccccc2)cs1. The number of benzene rings is 1. The largest absolute Gasteiger partial charge is 0.302 e. The number of thiophene rings is 1. The third kappa shape index (κ3) is 4.02. The molecule has 0 saturated carbocycles. The number of hydrogen-bond donors (Lipinski definition) is 1. The average Bonchev–Trinajstić information content (AvgIpc) is 3.20. The van der Waals surface area contributed by atoms with Crippen LogP contribution in [0.1, 0.15) is 17.7 Å². The predicted octanol–water partition coefficient (Wildman–Crippen LogP) is 4.83. The van der Waals surface area contributed by atoms with Gasteiger partial charge in [0.1, 0.15) is 0 Å². The molecule has 3 nitrogen and oxygen atoms in total. The second kappa shape index (κ2) is 7.33. The second-order valence-corrected chi connectivity index (χ2v) is 6.78. The number of anilines is 1. The summed E-state index contributed by atoms with van der Waals surface area (Å²) in [5.41, 5.74) is 1.97. The molecule has 0 fully saturated rings. The van der Waals surface area contributed by atoms with Gasteiger partial charge in [-0.05, 0) is 24.3 Å². The van der Waals surface area contributed by atoms with Crippen molar-refractivity contribution < 1.29 is 4.79 Å². The quantitative estimate of drug-likeness (QED) is 0.704. The van der Waals surface area contributed by atoms with Crippen molar-refractivity contribution in [2.75, 3.05) is 5.32 Å². The van der Waals surface area contributed by atoms with Gasteiger partial charge < -0.3 is 5.32 Å². The number of carbonyl (C=O) groups excluding carboxylic acids is 1. The van der Waals surface area contributed by atoms with Gasteiger partial charge in [0.2, 0.25) is 5.91 Å². The summed E-state index contributed by atoms with van der Waals surface area (Å²) in [4.78, 5) is 17.7. The number of hydrogen-bond acceptors (Lipinski definition) is 4. The van der Waals surface area contributed by atoms with Crippen LogP contribution >= 0.6 is 22.7 Å². The number of aromatic nitrogens is 1. The van der Waals surface area contributed by atoms with Gasteiger partial charge in [-0.3, -0.25) is 4.79 Å². The van der Waals surface area contributed by atoms with Crippen molar-refractivity contribution in [1.29, 1.82) is 0 Å². The number of nitrogens with zero attached hydrogens (tertiary/aromatic N) is 1. The molecule has 5 heteroatoms. The van der Waals surface area contributed by atoms with Gasteiger partial charge in [-0.1, -0.05) is 36.4 Å². The molecule has 0 saturated heterocycles. The van der Waals surface area contributed by atoms with Crippen LogP contribution in [-0.4, -0.2) is 10.9 Å². The summed E-state index contributed by atoms with van der Waals surface area (Å²) in [6.07, 6.45) is 2.35. The van der Waals surface area contributed by atoms with Gasteiger partial charge >= 0.3 is 0 Å². The zero-order chi connectivity index (χ0) is 15.2. The molecule has 0 radical (unpaired) electrons. The Hall–Kier alpha value is -1.98. The first-order valence-corrected chi connectivity index (χ1v) is 8.90. The molecule has 1 aromatic carbocycles. The summed E-state index contributed by atoms with van der Waals surface area (Å²) < 4.78 is 0. The fourth-order valence-corrected chi connectivity index (χ4v) is 3.62. The fourth-order valence-electron chi connectivity index (χ4n) is 2.13. The molecule has 0 atom stereocenters. The molecule has 0 unspecified atom stereocenters. The third-order valence-corrected chi connectivity index (χ3v) is 4.92. The smallest absolute Gasteiger partial charge is 0.226 e. The highest BCUT2D eigenvalue weighted by Crippen LogP contribution is 2.24. The van der Waals surface area contributed by atoms with Crippen LogP contribution in [0.3, 0.4) is 0 Å².